The molecular formula is C26H32N4O. The van der Waals surface area contributed by atoms with Crippen LogP contribution in [0.5, 0.6) is 11.6 Å². The molecule has 0 aliphatic carbocycles. The number of aromatic nitrogens is 2. The van der Waals surface area contributed by atoms with E-state index in [4.69, 9.17) is 15.6 Å². The first-order chi connectivity index (χ1) is 14.8. The van der Waals surface area contributed by atoms with Gasteiger partial charge in [-0.2, -0.15) is 10.4 Å². The molecule has 0 bridgehead atoms. The monoisotopic (exact) mass is 416 g/mol. The molecule has 3 aromatic rings. The van der Waals surface area contributed by atoms with E-state index < -0.39 is 0 Å². The first kappa shape index (κ1) is 22.6. The Hall–Kier alpha value is -3.10. The molecule has 0 spiro atoms. The van der Waals surface area contributed by atoms with E-state index in [1.807, 2.05) is 29.9 Å². The minimum Gasteiger partial charge on any atom is -0.438 e. The van der Waals surface area contributed by atoms with Gasteiger partial charge in [-0.25, -0.2) is 4.68 Å². The van der Waals surface area contributed by atoms with Crippen molar-refractivity contribution in [3.05, 3.63) is 64.8 Å². The highest BCUT2D eigenvalue weighted by Crippen LogP contribution is 2.38. The second kappa shape index (κ2) is 9.80. The maximum atomic E-state index is 9.45. The molecule has 31 heavy (non-hydrogen) atoms. The summed E-state index contributed by atoms with van der Waals surface area (Å²) in [6.45, 7) is 9.35. The van der Waals surface area contributed by atoms with Crippen LogP contribution in [0, 0.1) is 17.2 Å². The van der Waals surface area contributed by atoms with Crippen molar-refractivity contribution >= 4 is 0 Å². The third-order valence-electron chi connectivity index (χ3n) is 5.30. The van der Waals surface area contributed by atoms with Crippen molar-refractivity contribution < 1.29 is 4.74 Å². The molecule has 0 amide bonds. The van der Waals surface area contributed by atoms with Crippen molar-refractivity contribution in [1.82, 2.24) is 9.78 Å². The zero-order chi connectivity index (χ0) is 22.5. The molecule has 0 atom stereocenters. The zero-order valence-corrected chi connectivity index (χ0v) is 19.1. The van der Waals surface area contributed by atoms with Gasteiger partial charge in [0.25, 0.3) is 0 Å². The van der Waals surface area contributed by atoms with Crippen LogP contribution in [0.4, 0.5) is 0 Å². The van der Waals surface area contributed by atoms with Gasteiger partial charge in [0.1, 0.15) is 5.75 Å². The van der Waals surface area contributed by atoms with E-state index in [1.54, 1.807) is 0 Å². The van der Waals surface area contributed by atoms with Gasteiger partial charge in [-0.3, -0.25) is 0 Å². The summed E-state index contributed by atoms with van der Waals surface area (Å²) in [5.41, 5.74) is 11.6. The number of hydrogen-bond acceptors (Lipinski definition) is 4. The quantitative estimate of drug-likeness (QED) is 0.520. The zero-order valence-electron chi connectivity index (χ0n) is 19.1. The third kappa shape index (κ3) is 5.15. The normalized spacial score (nSPS) is 11.2. The molecule has 0 saturated carbocycles. The van der Waals surface area contributed by atoms with Crippen molar-refractivity contribution in [2.24, 2.45) is 18.7 Å². The molecular weight excluding hydrogens is 384 g/mol. The molecule has 5 nitrogen and oxygen atoms in total. The van der Waals surface area contributed by atoms with Gasteiger partial charge in [0.05, 0.1) is 17.3 Å². The Morgan fingerprint density at radius 3 is 2.39 bits per heavy atom. The molecule has 5 heteroatoms. The Labute approximate surface area is 185 Å². The summed E-state index contributed by atoms with van der Waals surface area (Å²) in [5.74, 6) is 2.17. The summed E-state index contributed by atoms with van der Waals surface area (Å²) in [6, 6.07) is 16.2. The van der Waals surface area contributed by atoms with Crippen LogP contribution in [0.15, 0.2) is 42.5 Å². The van der Waals surface area contributed by atoms with Crippen LogP contribution in [-0.4, -0.2) is 16.3 Å². The molecule has 0 saturated heterocycles. The molecule has 0 aliphatic heterocycles. The summed E-state index contributed by atoms with van der Waals surface area (Å²) in [5, 5.41) is 14.2. The van der Waals surface area contributed by atoms with Gasteiger partial charge in [0.15, 0.2) is 0 Å². The number of rotatable bonds is 8. The standard InChI is InChI=1S/C26H32N4O/c1-17(2)14-23-25(18(3)4)26(30(5)29-23)31-24-15-20(16-28)8-11-22(24)21-9-6-19(7-10-21)12-13-27/h6-11,15,17-18H,12-14,27H2,1-5H3. The summed E-state index contributed by atoms with van der Waals surface area (Å²) < 4.78 is 8.32. The summed E-state index contributed by atoms with van der Waals surface area (Å²) in [6.07, 6.45) is 1.75. The lowest BCUT2D eigenvalue weighted by atomic mass is 9.97. The minimum atomic E-state index is 0.274. The molecule has 1 aromatic heterocycles. The fourth-order valence-electron chi connectivity index (χ4n) is 3.85. The molecule has 3 rings (SSSR count). The van der Waals surface area contributed by atoms with Crippen LogP contribution < -0.4 is 10.5 Å². The van der Waals surface area contributed by atoms with Gasteiger partial charge in [-0.1, -0.05) is 52.0 Å². The van der Waals surface area contributed by atoms with Crippen molar-refractivity contribution in [3.63, 3.8) is 0 Å². The van der Waals surface area contributed by atoms with E-state index >= 15 is 0 Å². The smallest absolute Gasteiger partial charge is 0.221 e. The molecule has 1 heterocycles. The molecule has 2 N–H and O–H groups in total. The Bertz CT molecular complexity index is 1070. The second-order valence-corrected chi connectivity index (χ2v) is 8.70. The van der Waals surface area contributed by atoms with E-state index in [0.717, 1.165) is 41.1 Å². The summed E-state index contributed by atoms with van der Waals surface area (Å²) in [7, 11) is 1.92. The molecule has 0 radical (unpaired) electrons. The molecule has 162 valence electrons. The van der Waals surface area contributed by atoms with Crippen LogP contribution in [0.25, 0.3) is 11.1 Å². The van der Waals surface area contributed by atoms with Gasteiger partial charge < -0.3 is 10.5 Å². The van der Waals surface area contributed by atoms with Crippen LogP contribution >= 0.6 is 0 Å². The van der Waals surface area contributed by atoms with Crippen molar-refractivity contribution in [3.8, 4) is 28.8 Å². The van der Waals surface area contributed by atoms with Crippen molar-refractivity contribution in [2.45, 2.75) is 46.5 Å². The minimum absolute atomic E-state index is 0.274. The Morgan fingerprint density at radius 2 is 1.81 bits per heavy atom. The van der Waals surface area contributed by atoms with Crippen LogP contribution in [0.1, 0.15) is 56.0 Å². The first-order valence-electron chi connectivity index (χ1n) is 10.9. The Morgan fingerprint density at radius 1 is 1.10 bits per heavy atom. The Kier molecular flexibility index (Phi) is 7.14. The number of ether oxygens (including phenoxy) is 1. The van der Waals surface area contributed by atoms with Gasteiger partial charge in [-0.15, -0.1) is 0 Å². The van der Waals surface area contributed by atoms with Crippen LogP contribution in [0.3, 0.4) is 0 Å². The maximum Gasteiger partial charge on any atom is 0.221 e. The summed E-state index contributed by atoms with van der Waals surface area (Å²) in [4.78, 5) is 0. The number of benzene rings is 2. The number of nitriles is 1. The van der Waals surface area contributed by atoms with Crippen molar-refractivity contribution in [2.75, 3.05) is 6.54 Å². The summed E-state index contributed by atoms with van der Waals surface area (Å²) >= 11 is 0. The Balaban J connectivity index is 2.07. The molecule has 0 aliphatic rings. The SMILES string of the molecule is CC(C)Cc1nn(C)c(Oc2cc(C#N)ccc2-c2ccc(CCN)cc2)c1C(C)C. The van der Waals surface area contributed by atoms with E-state index in [2.05, 4.69) is 58.0 Å². The number of aryl methyl sites for hydroxylation is 1. The highest BCUT2D eigenvalue weighted by atomic mass is 16.5. The van der Waals surface area contributed by atoms with E-state index in [1.165, 1.54) is 5.56 Å². The lowest BCUT2D eigenvalue weighted by molar-refractivity contribution is 0.425. The van der Waals surface area contributed by atoms with E-state index in [9.17, 15) is 5.26 Å². The van der Waals surface area contributed by atoms with Crippen molar-refractivity contribution in [1.29, 1.82) is 5.26 Å². The number of nitrogens with zero attached hydrogens (tertiary/aromatic N) is 3. The lowest BCUT2D eigenvalue weighted by Gasteiger charge is -2.15. The second-order valence-electron chi connectivity index (χ2n) is 8.70. The lowest BCUT2D eigenvalue weighted by Crippen LogP contribution is -2.02. The molecule has 0 unspecified atom stereocenters. The average Bonchev–Trinajstić information content (AvgIpc) is 3.03. The first-order valence-corrected chi connectivity index (χ1v) is 10.9. The predicted octanol–water partition coefficient (Wildman–Crippen LogP) is 5.57. The van der Waals surface area contributed by atoms with Gasteiger partial charge in [-0.05, 0) is 60.5 Å². The van der Waals surface area contributed by atoms with Crippen LogP contribution in [-0.2, 0) is 19.9 Å². The molecule has 0 fully saturated rings. The number of hydrogen-bond donors (Lipinski definition) is 1. The number of nitrogens with two attached hydrogens (primary N) is 1. The molecule has 2 aromatic carbocycles. The average molecular weight is 417 g/mol. The van der Waals surface area contributed by atoms with Gasteiger partial charge in [0, 0.05) is 18.2 Å². The van der Waals surface area contributed by atoms with E-state index in [0.29, 0.717) is 23.8 Å². The van der Waals surface area contributed by atoms with Gasteiger partial charge >= 0.3 is 0 Å². The van der Waals surface area contributed by atoms with E-state index in [-0.39, 0.29) is 5.92 Å². The largest absolute Gasteiger partial charge is 0.438 e. The fourth-order valence-corrected chi connectivity index (χ4v) is 3.85. The van der Waals surface area contributed by atoms with Gasteiger partial charge in [0.2, 0.25) is 5.88 Å². The third-order valence-corrected chi connectivity index (χ3v) is 5.30. The predicted molar refractivity (Wildman–Crippen MR) is 125 cm³/mol. The topological polar surface area (TPSA) is 76.9 Å². The van der Waals surface area contributed by atoms with Crippen LogP contribution in [0.2, 0.25) is 0 Å². The fraction of sp³-hybridized carbons (Fsp3) is 0.385. The highest BCUT2D eigenvalue weighted by molar-refractivity contribution is 5.72. The maximum absolute atomic E-state index is 9.45. The highest BCUT2D eigenvalue weighted by Gasteiger charge is 2.22.